The molecule has 0 saturated heterocycles. The van der Waals surface area contributed by atoms with Crippen molar-refractivity contribution in [1.29, 1.82) is 5.26 Å². The minimum Gasteiger partial charge on any atom is -0.497 e. The molecule has 74 valence electrons. The Labute approximate surface area is 89.0 Å². The Morgan fingerprint density at radius 3 is 2.80 bits per heavy atom. The van der Waals surface area contributed by atoms with E-state index in [1.165, 1.54) is 0 Å². The lowest BCUT2D eigenvalue weighted by Gasteiger charge is -2.04. The van der Waals surface area contributed by atoms with Gasteiger partial charge in [0.2, 0.25) is 0 Å². The van der Waals surface area contributed by atoms with Crippen LogP contribution in [0.15, 0.2) is 30.0 Å². The van der Waals surface area contributed by atoms with E-state index in [1.807, 2.05) is 24.3 Å². The van der Waals surface area contributed by atoms with Crippen LogP contribution in [-0.4, -0.2) is 7.11 Å². The highest BCUT2D eigenvalue weighted by atomic mass is 16.5. The first-order valence-corrected chi connectivity index (χ1v) is 4.35. The number of hydrogen-bond donors (Lipinski definition) is 0. The SMILES string of the molecule is [C-]#[N+]/C(C#N)=C(/C)c1cccc(OC)c1. The summed E-state index contributed by atoms with van der Waals surface area (Å²) < 4.78 is 5.07. The highest BCUT2D eigenvalue weighted by molar-refractivity contribution is 5.72. The first-order valence-electron chi connectivity index (χ1n) is 4.35. The molecule has 0 spiro atoms. The van der Waals surface area contributed by atoms with E-state index in [9.17, 15) is 0 Å². The van der Waals surface area contributed by atoms with Crippen LogP contribution in [-0.2, 0) is 0 Å². The Balaban J connectivity index is 3.24. The molecule has 0 bridgehead atoms. The molecule has 1 aromatic rings. The van der Waals surface area contributed by atoms with Gasteiger partial charge in [0.25, 0.3) is 5.70 Å². The molecular formula is C12H10N2O. The van der Waals surface area contributed by atoms with E-state index in [0.717, 1.165) is 5.56 Å². The average molecular weight is 198 g/mol. The smallest absolute Gasteiger partial charge is 0.265 e. The highest BCUT2D eigenvalue weighted by Crippen LogP contribution is 2.22. The largest absolute Gasteiger partial charge is 0.497 e. The van der Waals surface area contributed by atoms with Gasteiger partial charge in [-0.3, -0.25) is 0 Å². The Morgan fingerprint density at radius 1 is 1.53 bits per heavy atom. The minimum absolute atomic E-state index is 0.114. The maximum absolute atomic E-state index is 8.73. The molecule has 0 aromatic heterocycles. The molecule has 0 aliphatic rings. The Morgan fingerprint density at radius 2 is 2.27 bits per heavy atom. The normalized spacial score (nSPS) is 10.9. The van der Waals surface area contributed by atoms with Gasteiger partial charge in [-0.1, -0.05) is 12.1 Å². The molecule has 0 aliphatic carbocycles. The molecule has 3 heteroatoms. The van der Waals surface area contributed by atoms with Gasteiger partial charge in [0.1, 0.15) is 5.75 Å². The first kappa shape index (κ1) is 10.8. The third-order valence-corrected chi connectivity index (χ3v) is 2.08. The van der Waals surface area contributed by atoms with Gasteiger partial charge in [0.15, 0.2) is 0 Å². The summed E-state index contributed by atoms with van der Waals surface area (Å²) in [6, 6.07) is 9.17. The van der Waals surface area contributed by atoms with E-state index in [4.69, 9.17) is 16.6 Å². The van der Waals surface area contributed by atoms with Crippen LogP contribution in [0.25, 0.3) is 10.4 Å². The molecule has 15 heavy (non-hydrogen) atoms. The van der Waals surface area contributed by atoms with Crippen molar-refractivity contribution in [3.8, 4) is 11.8 Å². The maximum atomic E-state index is 8.73. The van der Waals surface area contributed by atoms with Crippen LogP contribution in [0, 0.1) is 17.9 Å². The molecule has 0 heterocycles. The highest BCUT2D eigenvalue weighted by Gasteiger charge is 2.04. The molecule has 0 radical (unpaired) electrons. The lowest BCUT2D eigenvalue weighted by Crippen LogP contribution is -1.86. The average Bonchev–Trinajstić information content (AvgIpc) is 2.30. The fourth-order valence-electron chi connectivity index (χ4n) is 1.19. The Hall–Kier alpha value is -2.26. The van der Waals surface area contributed by atoms with Gasteiger partial charge in [-0.2, -0.15) is 0 Å². The third-order valence-electron chi connectivity index (χ3n) is 2.08. The number of allylic oxidation sites excluding steroid dienone is 2. The molecule has 0 fully saturated rings. The molecule has 0 atom stereocenters. The summed E-state index contributed by atoms with van der Waals surface area (Å²) >= 11 is 0. The fraction of sp³-hybridized carbons (Fsp3) is 0.167. The topological polar surface area (TPSA) is 37.4 Å². The van der Waals surface area contributed by atoms with Crippen molar-refractivity contribution in [1.82, 2.24) is 0 Å². The number of hydrogen-bond acceptors (Lipinski definition) is 2. The van der Waals surface area contributed by atoms with E-state index >= 15 is 0 Å². The number of nitrogens with zero attached hydrogens (tertiary/aromatic N) is 2. The monoisotopic (exact) mass is 198 g/mol. The van der Waals surface area contributed by atoms with Gasteiger partial charge in [-0.15, -0.1) is 0 Å². The first-order chi connectivity index (χ1) is 7.22. The van der Waals surface area contributed by atoms with E-state index in [0.29, 0.717) is 11.3 Å². The summed E-state index contributed by atoms with van der Waals surface area (Å²) in [6.45, 7) is 8.61. The van der Waals surface area contributed by atoms with Gasteiger partial charge >= 0.3 is 0 Å². The number of nitriles is 1. The number of rotatable bonds is 2. The molecule has 3 nitrogen and oxygen atoms in total. The van der Waals surface area contributed by atoms with Crippen molar-refractivity contribution in [3.63, 3.8) is 0 Å². The van der Waals surface area contributed by atoms with Crippen molar-refractivity contribution in [2.75, 3.05) is 7.11 Å². The van der Waals surface area contributed by atoms with Crippen LogP contribution in [0.2, 0.25) is 0 Å². The summed E-state index contributed by atoms with van der Waals surface area (Å²) in [7, 11) is 1.58. The van der Waals surface area contributed by atoms with Crippen molar-refractivity contribution in [3.05, 3.63) is 46.9 Å². The second kappa shape index (κ2) is 4.83. The number of ether oxygens (including phenoxy) is 1. The summed E-state index contributed by atoms with van der Waals surface area (Å²) in [5.74, 6) is 0.717. The zero-order chi connectivity index (χ0) is 11.3. The molecule has 0 amide bonds. The van der Waals surface area contributed by atoms with Crippen LogP contribution < -0.4 is 4.74 Å². The molecule has 0 aliphatic heterocycles. The van der Waals surface area contributed by atoms with Gasteiger partial charge in [-0.05, 0) is 30.2 Å². The lowest BCUT2D eigenvalue weighted by molar-refractivity contribution is 0.414. The van der Waals surface area contributed by atoms with Gasteiger partial charge in [0, 0.05) is 0 Å². The van der Waals surface area contributed by atoms with E-state index in [2.05, 4.69) is 4.85 Å². The standard InChI is InChI=1S/C12H10N2O/c1-9(12(8-13)14-2)10-5-4-6-11(7-10)15-3/h4-7H,1,3H3/b12-9-. The number of benzene rings is 1. The molecular weight excluding hydrogens is 188 g/mol. The Bertz CT molecular complexity index is 459. The summed E-state index contributed by atoms with van der Waals surface area (Å²) in [6.07, 6.45) is 0. The molecule has 1 rings (SSSR count). The van der Waals surface area contributed by atoms with Crippen LogP contribution in [0.1, 0.15) is 12.5 Å². The predicted octanol–water partition coefficient (Wildman–Crippen LogP) is 2.87. The van der Waals surface area contributed by atoms with Gasteiger partial charge in [-0.25, -0.2) is 10.1 Å². The van der Waals surface area contributed by atoms with E-state index in [-0.39, 0.29) is 5.70 Å². The van der Waals surface area contributed by atoms with E-state index in [1.54, 1.807) is 20.1 Å². The van der Waals surface area contributed by atoms with Crippen LogP contribution in [0.5, 0.6) is 5.75 Å². The van der Waals surface area contributed by atoms with E-state index < -0.39 is 0 Å². The minimum atomic E-state index is 0.114. The molecule has 0 unspecified atom stereocenters. The van der Waals surface area contributed by atoms with Gasteiger partial charge in [0.05, 0.1) is 19.8 Å². The number of methoxy groups -OCH3 is 1. The predicted molar refractivity (Wildman–Crippen MR) is 57.8 cm³/mol. The maximum Gasteiger partial charge on any atom is 0.265 e. The van der Waals surface area contributed by atoms with Crippen molar-refractivity contribution in [2.45, 2.75) is 6.92 Å². The third kappa shape index (κ3) is 2.36. The molecule has 0 saturated carbocycles. The van der Waals surface area contributed by atoms with Gasteiger partial charge < -0.3 is 4.74 Å². The fourth-order valence-corrected chi connectivity index (χ4v) is 1.19. The summed E-state index contributed by atoms with van der Waals surface area (Å²) in [4.78, 5) is 3.17. The quantitative estimate of drug-likeness (QED) is 0.541. The van der Waals surface area contributed by atoms with Crippen molar-refractivity contribution in [2.24, 2.45) is 0 Å². The molecule has 0 N–H and O–H groups in total. The van der Waals surface area contributed by atoms with Crippen LogP contribution >= 0.6 is 0 Å². The second-order valence-corrected chi connectivity index (χ2v) is 2.93. The summed E-state index contributed by atoms with van der Waals surface area (Å²) in [5.41, 5.74) is 1.62. The lowest BCUT2D eigenvalue weighted by atomic mass is 10.1. The second-order valence-electron chi connectivity index (χ2n) is 2.93. The van der Waals surface area contributed by atoms with Crippen molar-refractivity contribution >= 4 is 5.57 Å². The van der Waals surface area contributed by atoms with Crippen LogP contribution in [0.3, 0.4) is 0 Å². The summed E-state index contributed by atoms with van der Waals surface area (Å²) in [5, 5.41) is 8.73. The zero-order valence-electron chi connectivity index (χ0n) is 8.61. The van der Waals surface area contributed by atoms with Crippen LogP contribution in [0.4, 0.5) is 0 Å². The molecule has 1 aromatic carbocycles. The van der Waals surface area contributed by atoms with Crippen molar-refractivity contribution < 1.29 is 4.74 Å². The zero-order valence-corrected chi connectivity index (χ0v) is 8.61. The Kier molecular flexibility index (Phi) is 3.49.